The van der Waals surface area contributed by atoms with Crippen molar-refractivity contribution in [2.75, 3.05) is 0 Å². The maximum Gasteiger partial charge on any atom is 0.339 e. The Bertz CT molecular complexity index is 572. The van der Waals surface area contributed by atoms with Gasteiger partial charge in [-0.25, -0.2) is 4.79 Å². The molecule has 4 aliphatic rings. The lowest BCUT2D eigenvalue weighted by atomic mass is 9.45. The van der Waals surface area contributed by atoms with Crippen LogP contribution < -0.4 is 0 Å². The molecule has 0 spiro atoms. The number of ketones is 1. The van der Waals surface area contributed by atoms with Gasteiger partial charge in [0.1, 0.15) is 11.9 Å². The van der Waals surface area contributed by atoms with E-state index in [9.17, 15) is 9.59 Å². The highest BCUT2D eigenvalue weighted by Gasteiger charge is 2.60. The molecule has 25 heavy (non-hydrogen) atoms. The molecule has 0 saturated heterocycles. The lowest BCUT2D eigenvalue weighted by Crippen LogP contribution is -2.54. The average Bonchev–Trinajstić information content (AvgIpc) is 2.88. The fourth-order valence-electron chi connectivity index (χ4n) is 7.21. The zero-order chi connectivity index (χ0) is 17.8. The van der Waals surface area contributed by atoms with E-state index in [0.29, 0.717) is 23.0 Å². The summed E-state index contributed by atoms with van der Waals surface area (Å²) in [6.07, 6.45) is 9.93. The average molecular weight is 348 g/mol. The van der Waals surface area contributed by atoms with Crippen LogP contribution in [-0.4, -0.2) is 17.9 Å². The molecule has 4 saturated carbocycles. The summed E-state index contributed by atoms with van der Waals surface area (Å²) >= 11 is 0. The topological polar surface area (TPSA) is 52.6 Å². The van der Waals surface area contributed by atoms with E-state index in [1.54, 1.807) is 0 Å². The van der Waals surface area contributed by atoms with Gasteiger partial charge in [0, 0.05) is 18.8 Å². The minimum Gasteiger partial charge on any atom is -0.299 e. The molecule has 4 rings (SSSR count). The first-order valence-corrected chi connectivity index (χ1v) is 10.2. The maximum absolute atomic E-state index is 12.5. The summed E-state index contributed by atoms with van der Waals surface area (Å²) in [7, 11) is 0. The summed E-state index contributed by atoms with van der Waals surface area (Å²) in [6.45, 7) is 6.14. The fraction of sp³-hybridized carbons (Fsp3) is 0.905. The molecular formula is C21H32O4. The molecule has 0 aromatic heterocycles. The van der Waals surface area contributed by atoms with Crippen molar-refractivity contribution >= 4 is 11.8 Å². The quantitative estimate of drug-likeness (QED) is 0.546. The van der Waals surface area contributed by atoms with Crippen LogP contribution in [0.5, 0.6) is 0 Å². The zero-order valence-electron chi connectivity index (χ0n) is 15.9. The molecule has 4 nitrogen and oxygen atoms in total. The maximum atomic E-state index is 12.5. The number of rotatable bonds is 2. The summed E-state index contributed by atoms with van der Waals surface area (Å²) in [4.78, 5) is 33.7. The molecule has 4 heteroatoms. The van der Waals surface area contributed by atoms with Crippen LogP contribution in [-0.2, 0) is 19.4 Å². The van der Waals surface area contributed by atoms with Gasteiger partial charge < -0.3 is 0 Å². The Labute approximate surface area is 150 Å². The van der Waals surface area contributed by atoms with Gasteiger partial charge in [-0.2, -0.15) is 4.89 Å². The minimum atomic E-state index is -0.366. The third-order valence-corrected chi connectivity index (χ3v) is 8.63. The summed E-state index contributed by atoms with van der Waals surface area (Å²) in [6, 6.07) is 0. The van der Waals surface area contributed by atoms with E-state index < -0.39 is 0 Å². The van der Waals surface area contributed by atoms with Gasteiger partial charge in [-0.05, 0) is 80.5 Å². The largest absolute Gasteiger partial charge is 0.339 e. The van der Waals surface area contributed by atoms with Gasteiger partial charge in [0.2, 0.25) is 0 Å². The summed E-state index contributed by atoms with van der Waals surface area (Å²) in [5, 5.41) is 0. The molecule has 0 bridgehead atoms. The molecule has 0 amide bonds. The second-order valence-corrected chi connectivity index (χ2v) is 9.64. The van der Waals surface area contributed by atoms with Gasteiger partial charge in [-0.1, -0.05) is 13.8 Å². The number of fused-ring (bicyclic) bond motifs is 5. The predicted octanol–water partition coefficient (Wildman–Crippen LogP) is 4.46. The zero-order valence-corrected chi connectivity index (χ0v) is 15.9. The molecule has 0 N–H and O–H groups in total. The van der Waals surface area contributed by atoms with Gasteiger partial charge in [0.15, 0.2) is 0 Å². The minimum absolute atomic E-state index is 0.0278. The number of hydrogen-bond acceptors (Lipinski definition) is 4. The van der Waals surface area contributed by atoms with Crippen LogP contribution in [0, 0.1) is 34.5 Å². The van der Waals surface area contributed by atoms with Crippen LogP contribution >= 0.6 is 0 Å². The first-order chi connectivity index (χ1) is 11.8. The van der Waals surface area contributed by atoms with Crippen LogP contribution in [0.4, 0.5) is 0 Å². The van der Waals surface area contributed by atoms with E-state index in [0.717, 1.165) is 50.4 Å². The Morgan fingerprint density at radius 3 is 2.60 bits per heavy atom. The van der Waals surface area contributed by atoms with Gasteiger partial charge in [-0.3, -0.25) is 9.68 Å². The SMILES string of the molecule is CC(=O)OO[C@@H]1CC[C@@]2(C)C(CCC3C2CC[C@]2(C)C(=O)CCC32)C1. The molecule has 0 aromatic rings. The van der Waals surface area contributed by atoms with E-state index in [1.807, 2.05) is 0 Å². The van der Waals surface area contributed by atoms with Crippen molar-refractivity contribution in [2.45, 2.75) is 84.7 Å². The van der Waals surface area contributed by atoms with Gasteiger partial charge >= 0.3 is 5.97 Å². The van der Waals surface area contributed by atoms with Gasteiger partial charge in [0.25, 0.3) is 0 Å². The molecule has 0 aliphatic heterocycles. The van der Waals surface area contributed by atoms with Crippen LogP contribution in [0.15, 0.2) is 0 Å². The Morgan fingerprint density at radius 1 is 1.04 bits per heavy atom. The van der Waals surface area contributed by atoms with Crippen molar-refractivity contribution in [3.05, 3.63) is 0 Å². The highest BCUT2D eigenvalue weighted by atomic mass is 17.2. The molecule has 4 aliphatic carbocycles. The van der Waals surface area contributed by atoms with Crippen LogP contribution in [0.3, 0.4) is 0 Å². The molecule has 4 unspecified atom stereocenters. The van der Waals surface area contributed by atoms with Crippen LogP contribution in [0.2, 0.25) is 0 Å². The Kier molecular flexibility index (Phi) is 4.25. The Hall–Kier alpha value is -0.900. The van der Waals surface area contributed by atoms with Crippen molar-refractivity contribution in [1.82, 2.24) is 0 Å². The third-order valence-electron chi connectivity index (χ3n) is 8.63. The lowest BCUT2D eigenvalue weighted by Gasteiger charge is -2.60. The first kappa shape index (κ1) is 17.5. The smallest absolute Gasteiger partial charge is 0.299 e. The van der Waals surface area contributed by atoms with Crippen molar-refractivity contribution in [2.24, 2.45) is 34.5 Å². The fourth-order valence-corrected chi connectivity index (χ4v) is 7.21. The normalized spacial score (nSPS) is 49.1. The van der Waals surface area contributed by atoms with E-state index in [2.05, 4.69) is 13.8 Å². The number of Topliss-reactive ketones (excluding diaryl/α,β-unsaturated/α-hetero) is 1. The second-order valence-electron chi connectivity index (χ2n) is 9.64. The molecule has 7 atom stereocenters. The van der Waals surface area contributed by atoms with E-state index in [-0.39, 0.29) is 17.5 Å². The predicted molar refractivity (Wildman–Crippen MR) is 93.4 cm³/mol. The highest BCUT2D eigenvalue weighted by molar-refractivity contribution is 5.87. The number of hydrogen-bond donors (Lipinski definition) is 0. The monoisotopic (exact) mass is 348 g/mol. The van der Waals surface area contributed by atoms with Crippen molar-refractivity contribution < 1.29 is 19.4 Å². The lowest BCUT2D eigenvalue weighted by molar-refractivity contribution is -0.308. The standard InChI is InChI=1S/C21H32O4/c1-13(22)24-25-15-8-10-20(2)14(12-15)4-5-16-17-6-7-19(23)21(17,3)11-9-18(16)20/h14-18H,4-12H2,1-3H3/t14?,15-,16?,17?,18?,20+,21+/m1/s1. The highest BCUT2D eigenvalue weighted by Crippen LogP contribution is 2.65. The van der Waals surface area contributed by atoms with E-state index >= 15 is 0 Å². The molecule has 140 valence electrons. The van der Waals surface area contributed by atoms with E-state index in [1.165, 1.54) is 26.2 Å². The van der Waals surface area contributed by atoms with Crippen molar-refractivity contribution in [1.29, 1.82) is 0 Å². The van der Waals surface area contributed by atoms with Crippen LogP contribution in [0.25, 0.3) is 0 Å². The first-order valence-electron chi connectivity index (χ1n) is 10.2. The molecular weight excluding hydrogens is 316 g/mol. The van der Waals surface area contributed by atoms with Gasteiger partial charge in [0.05, 0.1) is 0 Å². The van der Waals surface area contributed by atoms with Crippen molar-refractivity contribution in [3.63, 3.8) is 0 Å². The molecule has 0 aromatic carbocycles. The molecule has 0 radical (unpaired) electrons. The second kappa shape index (κ2) is 6.07. The summed E-state index contributed by atoms with van der Waals surface area (Å²) in [5.74, 6) is 2.93. The Balaban J connectivity index is 1.49. The third kappa shape index (κ3) is 2.67. The summed E-state index contributed by atoms with van der Waals surface area (Å²) < 4.78 is 0. The Morgan fingerprint density at radius 2 is 1.84 bits per heavy atom. The van der Waals surface area contributed by atoms with E-state index in [4.69, 9.17) is 9.78 Å². The molecule has 4 fully saturated rings. The van der Waals surface area contributed by atoms with Crippen molar-refractivity contribution in [3.8, 4) is 0 Å². The van der Waals surface area contributed by atoms with Crippen LogP contribution in [0.1, 0.15) is 78.6 Å². The number of carbonyl (C=O) groups is 2. The number of carbonyl (C=O) groups excluding carboxylic acids is 2. The summed E-state index contributed by atoms with van der Waals surface area (Å²) in [5.41, 5.74) is 0.339. The van der Waals surface area contributed by atoms with Gasteiger partial charge in [-0.15, -0.1) is 0 Å². The molecule has 0 heterocycles.